The van der Waals surface area contributed by atoms with Crippen molar-refractivity contribution in [1.29, 1.82) is 0 Å². The molecule has 1 fully saturated rings. The molecule has 0 radical (unpaired) electrons. The highest BCUT2D eigenvalue weighted by atomic mass is 79.9. The Hall–Kier alpha value is -0.380. The predicted molar refractivity (Wildman–Crippen MR) is 80.8 cm³/mol. The lowest BCUT2D eigenvalue weighted by atomic mass is 9.92. The molecule has 1 aromatic rings. The summed E-state index contributed by atoms with van der Waals surface area (Å²) in [5, 5.41) is 3.67. The maximum Gasteiger partial charge on any atom is 0.0178 e. The Balaban J connectivity index is 1.76. The van der Waals surface area contributed by atoms with Gasteiger partial charge >= 0.3 is 0 Å². The highest BCUT2D eigenvalue weighted by Crippen LogP contribution is 2.18. The molecule has 0 aliphatic heterocycles. The smallest absolute Gasteiger partial charge is 0.0178 e. The third-order valence-corrected chi connectivity index (χ3v) is 4.40. The van der Waals surface area contributed by atoms with Gasteiger partial charge in [0.2, 0.25) is 0 Å². The minimum absolute atomic E-state index is 0.440. The number of nitrogens with two attached hydrogens (primary N) is 1. The SMILES string of the molecule is Cc1ccc(Br)cc1CCNC1CCC(N)CC1. The van der Waals surface area contributed by atoms with E-state index in [1.165, 1.54) is 41.3 Å². The lowest BCUT2D eigenvalue weighted by Crippen LogP contribution is -2.38. The third-order valence-electron chi connectivity index (χ3n) is 3.91. The van der Waals surface area contributed by atoms with Crippen LogP contribution in [0.4, 0.5) is 0 Å². The largest absolute Gasteiger partial charge is 0.328 e. The molecule has 1 aromatic carbocycles. The second-order valence-corrected chi connectivity index (χ2v) is 6.30. The van der Waals surface area contributed by atoms with Gasteiger partial charge in [-0.05, 0) is 68.8 Å². The number of aryl methyl sites for hydroxylation is 1. The van der Waals surface area contributed by atoms with Gasteiger partial charge in [0.1, 0.15) is 0 Å². The van der Waals surface area contributed by atoms with E-state index in [1.807, 2.05) is 0 Å². The fraction of sp³-hybridized carbons (Fsp3) is 0.600. The van der Waals surface area contributed by atoms with Crippen LogP contribution < -0.4 is 11.1 Å². The van der Waals surface area contributed by atoms with Crippen LogP contribution >= 0.6 is 15.9 Å². The Morgan fingerprint density at radius 3 is 2.72 bits per heavy atom. The van der Waals surface area contributed by atoms with Gasteiger partial charge in [0.15, 0.2) is 0 Å². The number of benzene rings is 1. The standard InChI is InChI=1S/C15H23BrN2/c1-11-2-3-13(16)10-12(11)8-9-18-15-6-4-14(17)5-7-15/h2-3,10,14-15,18H,4-9,17H2,1H3. The second kappa shape index (κ2) is 6.69. The molecule has 2 nitrogen and oxygen atoms in total. The Labute approximate surface area is 118 Å². The molecular weight excluding hydrogens is 288 g/mol. The molecule has 1 aliphatic carbocycles. The monoisotopic (exact) mass is 310 g/mol. The molecule has 3 N–H and O–H groups in total. The van der Waals surface area contributed by atoms with Crippen molar-refractivity contribution in [3.8, 4) is 0 Å². The van der Waals surface area contributed by atoms with Gasteiger partial charge in [-0.1, -0.05) is 22.0 Å². The van der Waals surface area contributed by atoms with E-state index >= 15 is 0 Å². The summed E-state index contributed by atoms with van der Waals surface area (Å²) >= 11 is 3.54. The van der Waals surface area contributed by atoms with E-state index in [1.54, 1.807) is 0 Å². The molecule has 0 amide bonds. The Morgan fingerprint density at radius 2 is 2.00 bits per heavy atom. The summed E-state index contributed by atoms with van der Waals surface area (Å²) in [7, 11) is 0. The predicted octanol–water partition coefficient (Wildman–Crippen LogP) is 3.16. The Kier molecular flexibility index (Phi) is 5.22. The van der Waals surface area contributed by atoms with Crippen molar-refractivity contribution in [2.75, 3.05) is 6.54 Å². The molecule has 0 aromatic heterocycles. The van der Waals surface area contributed by atoms with E-state index in [4.69, 9.17) is 5.73 Å². The van der Waals surface area contributed by atoms with E-state index in [0.717, 1.165) is 13.0 Å². The van der Waals surface area contributed by atoms with Gasteiger partial charge in [0.25, 0.3) is 0 Å². The van der Waals surface area contributed by atoms with E-state index in [0.29, 0.717) is 12.1 Å². The van der Waals surface area contributed by atoms with Crippen molar-refractivity contribution in [2.45, 2.75) is 51.1 Å². The van der Waals surface area contributed by atoms with Crippen molar-refractivity contribution in [1.82, 2.24) is 5.32 Å². The molecule has 1 saturated carbocycles. The van der Waals surface area contributed by atoms with E-state index < -0.39 is 0 Å². The normalized spacial score (nSPS) is 24.2. The number of hydrogen-bond donors (Lipinski definition) is 2. The molecule has 1 aliphatic rings. The maximum atomic E-state index is 5.92. The quantitative estimate of drug-likeness (QED) is 0.896. The van der Waals surface area contributed by atoms with Crippen LogP contribution in [0.1, 0.15) is 36.8 Å². The summed E-state index contributed by atoms with van der Waals surface area (Å²) in [5.41, 5.74) is 8.74. The van der Waals surface area contributed by atoms with E-state index in [2.05, 4.69) is 46.4 Å². The first kappa shape index (κ1) is 14.0. The van der Waals surface area contributed by atoms with Crippen LogP contribution in [0.3, 0.4) is 0 Å². The molecule has 18 heavy (non-hydrogen) atoms. The van der Waals surface area contributed by atoms with Gasteiger partial charge in [-0.25, -0.2) is 0 Å². The fourth-order valence-corrected chi connectivity index (χ4v) is 3.05. The molecule has 0 unspecified atom stereocenters. The minimum atomic E-state index is 0.440. The Morgan fingerprint density at radius 1 is 1.28 bits per heavy atom. The van der Waals surface area contributed by atoms with Crippen molar-refractivity contribution in [2.24, 2.45) is 5.73 Å². The van der Waals surface area contributed by atoms with Gasteiger partial charge in [0.05, 0.1) is 0 Å². The van der Waals surface area contributed by atoms with E-state index in [9.17, 15) is 0 Å². The average Bonchev–Trinajstić information content (AvgIpc) is 2.36. The summed E-state index contributed by atoms with van der Waals surface area (Å²) in [6, 6.07) is 7.63. The third kappa shape index (κ3) is 4.08. The van der Waals surface area contributed by atoms with Gasteiger partial charge in [0, 0.05) is 16.6 Å². The molecule has 3 heteroatoms. The van der Waals surface area contributed by atoms with E-state index in [-0.39, 0.29) is 0 Å². The molecular formula is C15H23BrN2. The number of nitrogens with one attached hydrogen (secondary N) is 1. The minimum Gasteiger partial charge on any atom is -0.328 e. The van der Waals surface area contributed by atoms with Crippen LogP contribution in [-0.4, -0.2) is 18.6 Å². The fourth-order valence-electron chi connectivity index (χ4n) is 2.64. The van der Waals surface area contributed by atoms with Crippen LogP contribution in [0.2, 0.25) is 0 Å². The molecule has 2 rings (SSSR count). The van der Waals surface area contributed by atoms with Crippen molar-refractivity contribution in [3.05, 3.63) is 33.8 Å². The first-order valence-electron chi connectivity index (χ1n) is 6.89. The van der Waals surface area contributed by atoms with Crippen molar-refractivity contribution < 1.29 is 0 Å². The average molecular weight is 311 g/mol. The van der Waals surface area contributed by atoms with Crippen LogP contribution in [-0.2, 0) is 6.42 Å². The first-order valence-corrected chi connectivity index (χ1v) is 7.68. The van der Waals surface area contributed by atoms with Gasteiger partial charge in [-0.2, -0.15) is 0 Å². The van der Waals surface area contributed by atoms with Gasteiger partial charge < -0.3 is 11.1 Å². The zero-order valence-corrected chi connectivity index (χ0v) is 12.7. The van der Waals surface area contributed by atoms with Crippen LogP contribution in [0.5, 0.6) is 0 Å². The number of rotatable bonds is 4. The summed E-state index contributed by atoms with van der Waals surface area (Å²) in [6.45, 7) is 3.25. The molecule has 100 valence electrons. The van der Waals surface area contributed by atoms with Crippen LogP contribution in [0.15, 0.2) is 22.7 Å². The molecule has 0 bridgehead atoms. The number of halogens is 1. The van der Waals surface area contributed by atoms with Crippen LogP contribution in [0, 0.1) is 6.92 Å². The zero-order chi connectivity index (χ0) is 13.0. The number of hydrogen-bond acceptors (Lipinski definition) is 2. The van der Waals surface area contributed by atoms with Gasteiger partial charge in [-0.15, -0.1) is 0 Å². The van der Waals surface area contributed by atoms with Crippen molar-refractivity contribution in [3.63, 3.8) is 0 Å². The van der Waals surface area contributed by atoms with Crippen LogP contribution in [0.25, 0.3) is 0 Å². The maximum absolute atomic E-state index is 5.92. The molecule has 0 atom stereocenters. The van der Waals surface area contributed by atoms with Gasteiger partial charge in [-0.3, -0.25) is 0 Å². The lowest BCUT2D eigenvalue weighted by Gasteiger charge is -2.27. The molecule has 0 spiro atoms. The van der Waals surface area contributed by atoms with Crippen molar-refractivity contribution >= 4 is 15.9 Å². The second-order valence-electron chi connectivity index (χ2n) is 5.39. The summed E-state index contributed by atoms with van der Waals surface area (Å²) < 4.78 is 1.17. The summed E-state index contributed by atoms with van der Waals surface area (Å²) in [5.74, 6) is 0. The Bertz CT molecular complexity index is 384. The molecule has 0 saturated heterocycles. The summed E-state index contributed by atoms with van der Waals surface area (Å²) in [6.07, 6.45) is 5.92. The highest BCUT2D eigenvalue weighted by molar-refractivity contribution is 9.10. The summed E-state index contributed by atoms with van der Waals surface area (Å²) in [4.78, 5) is 0. The highest BCUT2D eigenvalue weighted by Gasteiger charge is 2.17. The molecule has 0 heterocycles. The first-order chi connectivity index (χ1) is 8.65. The topological polar surface area (TPSA) is 38.0 Å². The lowest BCUT2D eigenvalue weighted by molar-refractivity contribution is 0.344. The zero-order valence-electron chi connectivity index (χ0n) is 11.1.